The van der Waals surface area contributed by atoms with E-state index in [1.807, 2.05) is 19.1 Å². The molecule has 0 saturated heterocycles. The summed E-state index contributed by atoms with van der Waals surface area (Å²) in [6, 6.07) is 12.4. The second-order valence-electron chi connectivity index (χ2n) is 4.64. The van der Waals surface area contributed by atoms with Crippen molar-refractivity contribution in [2.24, 2.45) is 0 Å². The minimum Gasteiger partial charge on any atom is -0.298 e. The van der Waals surface area contributed by atoms with Gasteiger partial charge in [0.2, 0.25) is 0 Å². The number of Topliss-reactive ketones (excluding diaryl/α,β-unsaturated/α-hetero) is 1. The van der Waals surface area contributed by atoms with E-state index in [9.17, 15) is 4.79 Å². The smallest absolute Gasteiger partial charge is 0.146 e. The van der Waals surface area contributed by atoms with Gasteiger partial charge in [0.15, 0.2) is 0 Å². The lowest BCUT2D eigenvalue weighted by Gasteiger charge is -2.12. The van der Waals surface area contributed by atoms with Crippen molar-refractivity contribution >= 4 is 48.4 Å². The molecule has 2 aromatic rings. The second-order valence-corrected chi connectivity index (χ2v) is 6.60. The van der Waals surface area contributed by atoms with Crippen LogP contribution < -0.4 is 0 Å². The standard InChI is InChI=1S/C16H16Br2O/c1-2-5-16(19)15(18)10-11-8-9-14(17)13-7-4-3-6-12(11)13/h3-4,6-9,15H,2,5,10H2,1H3. The normalized spacial score (nSPS) is 12.6. The Bertz CT molecular complexity index is 592. The van der Waals surface area contributed by atoms with Gasteiger partial charge < -0.3 is 0 Å². The molecule has 0 aliphatic rings. The lowest BCUT2D eigenvalue weighted by atomic mass is 9.99. The number of hydrogen-bond acceptors (Lipinski definition) is 1. The van der Waals surface area contributed by atoms with Gasteiger partial charge in [-0.1, -0.05) is 69.1 Å². The molecule has 0 heterocycles. The molecule has 0 bridgehead atoms. The lowest BCUT2D eigenvalue weighted by molar-refractivity contribution is -0.118. The third kappa shape index (κ3) is 3.46. The van der Waals surface area contributed by atoms with Gasteiger partial charge in [0.25, 0.3) is 0 Å². The van der Waals surface area contributed by atoms with E-state index in [0.717, 1.165) is 17.3 Å². The fourth-order valence-electron chi connectivity index (χ4n) is 2.21. The monoisotopic (exact) mass is 382 g/mol. The van der Waals surface area contributed by atoms with Crippen LogP contribution in [0.1, 0.15) is 25.3 Å². The molecule has 0 aliphatic heterocycles. The van der Waals surface area contributed by atoms with Crippen molar-refractivity contribution in [3.63, 3.8) is 0 Å². The van der Waals surface area contributed by atoms with E-state index in [2.05, 4.69) is 56.1 Å². The van der Waals surface area contributed by atoms with Crippen LogP contribution in [0.3, 0.4) is 0 Å². The summed E-state index contributed by atoms with van der Waals surface area (Å²) >= 11 is 7.10. The molecule has 19 heavy (non-hydrogen) atoms. The second kappa shape index (κ2) is 6.67. The van der Waals surface area contributed by atoms with Crippen LogP contribution in [0.25, 0.3) is 10.8 Å². The number of benzene rings is 2. The van der Waals surface area contributed by atoms with E-state index in [0.29, 0.717) is 6.42 Å². The van der Waals surface area contributed by atoms with Crippen LogP contribution in [-0.2, 0) is 11.2 Å². The highest BCUT2D eigenvalue weighted by Crippen LogP contribution is 2.28. The third-order valence-corrected chi connectivity index (χ3v) is 4.73. The van der Waals surface area contributed by atoms with E-state index in [1.54, 1.807) is 0 Å². The Morgan fingerprint density at radius 2 is 1.84 bits per heavy atom. The van der Waals surface area contributed by atoms with E-state index in [1.165, 1.54) is 16.3 Å². The SMILES string of the molecule is CCCC(=O)C(Br)Cc1ccc(Br)c2ccccc12. The topological polar surface area (TPSA) is 17.1 Å². The average Bonchev–Trinajstić information content (AvgIpc) is 2.42. The van der Waals surface area contributed by atoms with Crippen LogP contribution in [0.5, 0.6) is 0 Å². The average molecular weight is 384 g/mol. The van der Waals surface area contributed by atoms with Gasteiger partial charge in [-0.3, -0.25) is 4.79 Å². The summed E-state index contributed by atoms with van der Waals surface area (Å²) < 4.78 is 1.10. The fraction of sp³-hybridized carbons (Fsp3) is 0.312. The first-order valence-corrected chi connectivity index (χ1v) is 8.17. The van der Waals surface area contributed by atoms with Crippen molar-refractivity contribution in [1.82, 2.24) is 0 Å². The van der Waals surface area contributed by atoms with Crippen LogP contribution in [0.15, 0.2) is 40.9 Å². The first kappa shape index (κ1) is 14.7. The molecule has 1 atom stereocenters. The van der Waals surface area contributed by atoms with Crippen molar-refractivity contribution in [2.75, 3.05) is 0 Å². The van der Waals surface area contributed by atoms with Crippen LogP contribution in [-0.4, -0.2) is 10.6 Å². The highest BCUT2D eigenvalue weighted by atomic mass is 79.9. The number of halogens is 2. The van der Waals surface area contributed by atoms with Crippen LogP contribution in [0.4, 0.5) is 0 Å². The number of fused-ring (bicyclic) bond motifs is 1. The first-order chi connectivity index (χ1) is 9.13. The molecule has 0 aliphatic carbocycles. The molecule has 100 valence electrons. The maximum atomic E-state index is 11.9. The number of alkyl halides is 1. The molecule has 0 saturated carbocycles. The van der Waals surface area contributed by atoms with Crippen molar-refractivity contribution in [3.05, 3.63) is 46.4 Å². The minimum atomic E-state index is -0.0861. The van der Waals surface area contributed by atoms with Crippen LogP contribution in [0.2, 0.25) is 0 Å². The third-order valence-electron chi connectivity index (χ3n) is 3.21. The molecule has 0 N–H and O–H groups in total. The summed E-state index contributed by atoms with van der Waals surface area (Å²) in [4.78, 5) is 11.8. The summed E-state index contributed by atoms with van der Waals surface area (Å²) in [5.74, 6) is 0.287. The van der Waals surface area contributed by atoms with Crippen LogP contribution in [0, 0.1) is 0 Å². The van der Waals surface area contributed by atoms with Crippen molar-refractivity contribution in [1.29, 1.82) is 0 Å². The Morgan fingerprint density at radius 1 is 1.16 bits per heavy atom. The predicted molar refractivity (Wildman–Crippen MR) is 88.0 cm³/mol. The Balaban J connectivity index is 2.31. The van der Waals surface area contributed by atoms with E-state index in [4.69, 9.17) is 0 Å². The van der Waals surface area contributed by atoms with Gasteiger partial charge in [0.05, 0.1) is 4.83 Å². The van der Waals surface area contributed by atoms with Gasteiger partial charge in [0.1, 0.15) is 5.78 Å². The maximum absolute atomic E-state index is 11.9. The van der Waals surface area contributed by atoms with Gasteiger partial charge >= 0.3 is 0 Å². The summed E-state index contributed by atoms with van der Waals surface area (Å²) in [6.45, 7) is 2.03. The number of rotatable bonds is 5. The van der Waals surface area contributed by atoms with Gasteiger partial charge in [-0.05, 0) is 35.2 Å². The zero-order valence-corrected chi connectivity index (χ0v) is 14.0. The van der Waals surface area contributed by atoms with Gasteiger partial charge in [-0.15, -0.1) is 0 Å². The van der Waals surface area contributed by atoms with Gasteiger partial charge in [0, 0.05) is 10.9 Å². The largest absolute Gasteiger partial charge is 0.298 e. The minimum absolute atomic E-state index is 0.0861. The molecular weight excluding hydrogens is 368 g/mol. The molecular formula is C16H16Br2O. The Labute approximate surface area is 130 Å². The number of ketones is 1. The van der Waals surface area contributed by atoms with E-state index >= 15 is 0 Å². The summed E-state index contributed by atoms with van der Waals surface area (Å²) in [7, 11) is 0. The molecule has 1 unspecified atom stereocenters. The Kier molecular flexibility index (Phi) is 5.17. The zero-order chi connectivity index (χ0) is 13.8. The molecule has 0 amide bonds. The highest BCUT2D eigenvalue weighted by Gasteiger charge is 2.16. The molecule has 1 nitrogen and oxygen atoms in total. The van der Waals surface area contributed by atoms with E-state index < -0.39 is 0 Å². The highest BCUT2D eigenvalue weighted by molar-refractivity contribution is 9.10. The molecule has 0 radical (unpaired) electrons. The Morgan fingerprint density at radius 3 is 2.53 bits per heavy atom. The first-order valence-electron chi connectivity index (χ1n) is 6.46. The van der Waals surface area contributed by atoms with E-state index in [-0.39, 0.29) is 10.6 Å². The predicted octanol–water partition coefficient (Wildman–Crippen LogP) is 5.28. The molecule has 0 aromatic heterocycles. The molecule has 0 fully saturated rings. The molecule has 0 spiro atoms. The van der Waals surface area contributed by atoms with Gasteiger partial charge in [-0.25, -0.2) is 0 Å². The quantitative estimate of drug-likeness (QED) is 0.642. The Hall–Kier alpha value is -0.670. The van der Waals surface area contributed by atoms with Crippen molar-refractivity contribution < 1.29 is 4.79 Å². The summed E-state index contributed by atoms with van der Waals surface area (Å²) in [5.41, 5.74) is 1.21. The maximum Gasteiger partial charge on any atom is 0.146 e. The zero-order valence-electron chi connectivity index (χ0n) is 10.8. The fourth-order valence-corrected chi connectivity index (χ4v) is 3.27. The van der Waals surface area contributed by atoms with Crippen molar-refractivity contribution in [2.45, 2.75) is 31.0 Å². The van der Waals surface area contributed by atoms with Gasteiger partial charge in [-0.2, -0.15) is 0 Å². The molecule has 2 rings (SSSR count). The summed E-state index contributed by atoms with van der Waals surface area (Å²) in [6.07, 6.45) is 2.29. The molecule has 2 aromatic carbocycles. The van der Waals surface area contributed by atoms with Crippen LogP contribution >= 0.6 is 31.9 Å². The number of hydrogen-bond donors (Lipinski definition) is 0. The number of carbonyl (C=O) groups is 1. The number of carbonyl (C=O) groups excluding carboxylic acids is 1. The van der Waals surface area contributed by atoms with Crippen molar-refractivity contribution in [3.8, 4) is 0 Å². The molecule has 3 heteroatoms. The summed E-state index contributed by atoms with van der Waals surface area (Å²) in [5, 5.41) is 2.41. The lowest BCUT2D eigenvalue weighted by Crippen LogP contribution is -2.16.